The Morgan fingerprint density at radius 2 is 2.25 bits per heavy atom. The number of halogens is 3. The first-order valence-corrected chi connectivity index (χ1v) is 8.24. The van der Waals surface area contributed by atoms with Gasteiger partial charge in [-0.25, -0.2) is 9.37 Å². The normalized spacial score (nSPS) is 11.4. The molecule has 3 aromatic rings. The molecular weight excluding hydrogens is 363 g/mol. The van der Waals surface area contributed by atoms with Gasteiger partial charge in [0.25, 0.3) is 0 Å². The first kappa shape index (κ1) is 14.0. The van der Waals surface area contributed by atoms with Crippen molar-refractivity contribution in [3.63, 3.8) is 0 Å². The third-order valence-electron chi connectivity index (χ3n) is 3.22. The van der Waals surface area contributed by atoms with Gasteiger partial charge in [0.05, 0.1) is 23.5 Å². The van der Waals surface area contributed by atoms with Crippen molar-refractivity contribution in [2.45, 2.75) is 19.3 Å². The van der Waals surface area contributed by atoms with Crippen LogP contribution < -0.4 is 0 Å². The van der Waals surface area contributed by atoms with Gasteiger partial charge in [-0.15, -0.1) is 22.9 Å². The van der Waals surface area contributed by atoms with E-state index in [4.69, 9.17) is 11.6 Å². The molecule has 0 aliphatic carbocycles. The number of hydrogen-bond acceptors (Lipinski definition) is 2. The number of rotatable bonds is 3. The smallest absolute Gasteiger partial charge is 0.128 e. The minimum atomic E-state index is -0.236. The van der Waals surface area contributed by atoms with Crippen LogP contribution in [0.4, 0.5) is 4.39 Å². The molecule has 0 spiro atoms. The summed E-state index contributed by atoms with van der Waals surface area (Å²) in [5.74, 6) is 0.825. The minimum absolute atomic E-state index is 0.236. The summed E-state index contributed by atoms with van der Waals surface area (Å²) >= 11 is 11.2. The fourth-order valence-corrected chi connectivity index (χ4v) is 3.83. The summed E-state index contributed by atoms with van der Waals surface area (Å²) in [5, 5.41) is 2.03. The van der Waals surface area contributed by atoms with Crippen molar-refractivity contribution >= 4 is 49.9 Å². The van der Waals surface area contributed by atoms with Gasteiger partial charge in [0, 0.05) is 15.4 Å². The van der Waals surface area contributed by atoms with Gasteiger partial charge in [0.2, 0.25) is 0 Å². The van der Waals surface area contributed by atoms with Crippen LogP contribution in [0.1, 0.15) is 16.3 Å². The molecule has 0 bridgehead atoms. The fraction of sp³-hybridized carbons (Fsp3) is 0.214. The highest BCUT2D eigenvalue weighted by atomic mass is 79.9. The van der Waals surface area contributed by atoms with E-state index in [1.807, 2.05) is 22.1 Å². The highest BCUT2D eigenvalue weighted by molar-refractivity contribution is 9.10. The molecule has 2 aromatic heterocycles. The molecule has 0 atom stereocenters. The summed E-state index contributed by atoms with van der Waals surface area (Å²) in [4.78, 5) is 5.62. The van der Waals surface area contributed by atoms with Crippen molar-refractivity contribution in [1.29, 1.82) is 0 Å². The maximum Gasteiger partial charge on any atom is 0.128 e. The van der Waals surface area contributed by atoms with Crippen molar-refractivity contribution in [1.82, 2.24) is 9.55 Å². The van der Waals surface area contributed by atoms with Crippen molar-refractivity contribution in [3.05, 3.63) is 50.1 Å². The van der Waals surface area contributed by atoms with Crippen LogP contribution in [0.15, 0.2) is 28.1 Å². The Balaban J connectivity index is 2.17. The van der Waals surface area contributed by atoms with E-state index in [9.17, 15) is 4.39 Å². The van der Waals surface area contributed by atoms with Crippen LogP contribution in [0.2, 0.25) is 0 Å². The van der Waals surface area contributed by atoms with Crippen LogP contribution in [-0.2, 0) is 12.4 Å². The van der Waals surface area contributed by atoms with Crippen molar-refractivity contribution in [2.75, 3.05) is 0 Å². The van der Waals surface area contributed by atoms with E-state index < -0.39 is 0 Å². The maximum atomic E-state index is 13.6. The van der Waals surface area contributed by atoms with Gasteiger partial charge in [-0.1, -0.05) is 0 Å². The number of imidazole rings is 1. The van der Waals surface area contributed by atoms with Crippen molar-refractivity contribution in [3.8, 4) is 0 Å². The summed E-state index contributed by atoms with van der Waals surface area (Å²) in [6.07, 6.45) is 0. The topological polar surface area (TPSA) is 17.8 Å². The first-order valence-electron chi connectivity index (χ1n) is 6.03. The molecule has 0 aliphatic heterocycles. The summed E-state index contributed by atoms with van der Waals surface area (Å²) < 4.78 is 16.8. The second kappa shape index (κ2) is 5.47. The summed E-state index contributed by atoms with van der Waals surface area (Å²) in [7, 11) is 0. The third kappa shape index (κ3) is 2.38. The van der Waals surface area contributed by atoms with Crippen molar-refractivity contribution < 1.29 is 4.39 Å². The van der Waals surface area contributed by atoms with Gasteiger partial charge in [-0.05, 0) is 45.9 Å². The molecule has 0 saturated carbocycles. The van der Waals surface area contributed by atoms with Gasteiger partial charge in [-0.2, -0.15) is 0 Å². The average molecular weight is 374 g/mol. The molecule has 6 heteroatoms. The highest BCUT2D eigenvalue weighted by Gasteiger charge is 2.14. The van der Waals surface area contributed by atoms with Gasteiger partial charge < -0.3 is 4.57 Å². The molecule has 0 N–H and O–H groups in total. The standard InChI is InChI=1S/C14H11BrClFN2S/c1-8-4-12-11(5-10(8)17)18-14(6-16)19(12)7-13-9(15)2-3-20-13/h2-5H,6-7H2,1H3. The van der Waals surface area contributed by atoms with Crippen LogP contribution in [-0.4, -0.2) is 9.55 Å². The number of benzene rings is 1. The van der Waals surface area contributed by atoms with Gasteiger partial charge >= 0.3 is 0 Å². The predicted octanol–water partition coefficient (Wildman–Crippen LogP) is 5.09. The van der Waals surface area contributed by atoms with Gasteiger partial charge in [0.1, 0.15) is 11.6 Å². The summed E-state index contributed by atoms with van der Waals surface area (Å²) in [5.41, 5.74) is 2.18. The lowest BCUT2D eigenvalue weighted by Crippen LogP contribution is -2.03. The number of fused-ring (bicyclic) bond motifs is 1. The monoisotopic (exact) mass is 372 g/mol. The zero-order valence-corrected chi connectivity index (χ0v) is 13.8. The SMILES string of the molecule is Cc1cc2c(cc1F)nc(CCl)n2Cc1sccc1Br. The molecule has 3 rings (SSSR count). The molecular formula is C14H11BrClFN2S. The molecule has 0 fully saturated rings. The molecule has 2 nitrogen and oxygen atoms in total. The van der Waals surface area contributed by atoms with Gasteiger partial charge in [0.15, 0.2) is 0 Å². The zero-order chi connectivity index (χ0) is 14.3. The fourth-order valence-electron chi connectivity index (χ4n) is 2.16. The van der Waals surface area contributed by atoms with E-state index in [2.05, 4.69) is 20.9 Å². The molecule has 0 aliphatic rings. The van der Waals surface area contributed by atoms with E-state index in [0.717, 1.165) is 15.8 Å². The van der Waals surface area contributed by atoms with E-state index in [1.165, 1.54) is 10.9 Å². The third-order valence-corrected chi connectivity index (χ3v) is 5.37. The number of hydrogen-bond donors (Lipinski definition) is 0. The highest BCUT2D eigenvalue weighted by Crippen LogP contribution is 2.27. The van der Waals surface area contributed by atoms with E-state index in [1.54, 1.807) is 18.3 Å². The number of alkyl halides is 1. The second-order valence-electron chi connectivity index (χ2n) is 4.53. The second-order valence-corrected chi connectivity index (χ2v) is 6.65. The molecule has 2 heterocycles. The van der Waals surface area contributed by atoms with Crippen LogP contribution in [0, 0.1) is 12.7 Å². The molecule has 0 unspecified atom stereocenters. The molecule has 0 saturated heterocycles. The predicted molar refractivity (Wildman–Crippen MR) is 85.1 cm³/mol. The number of aryl methyl sites for hydroxylation is 1. The largest absolute Gasteiger partial charge is 0.322 e. The van der Waals surface area contributed by atoms with Crippen molar-refractivity contribution in [2.24, 2.45) is 0 Å². The Morgan fingerprint density at radius 3 is 2.90 bits per heavy atom. The summed E-state index contributed by atoms with van der Waals surface area (Å²) in [6.45, 7) is 2.44. The molecule has 0 amide bonds. The summed E-state index contributed by atoms with van der Waals surface area (Å²) in [6, 6.07) is 5.32. The molecule has 1 aromatic carbocycles. The number of thiophene rings is 1. The average Bonchev–Trinajstić information content (AvgIpc) is 2.96. The molecule has 0 radical (unpaired) electrons. The Morgan fingerprint density at radius 1 is 1.45 bits per heavy atom. The Hall–Kier alpha value is -0.910. The van der Waals surface area contributed by atoms with E-state index >= 15 is 0 Å². The lowest BCUT2D eigenvalue weighted by atomic mass is 10.2. The van der Waals surface area contributed by atoms with Crippen LogP contribution in [0.5, 0.6) is 0 Å². The quantitative estimate of drug-likeness (QED) is 0.584. The van der Waals surface area contributed by atoms with Gasteiger partial charge in [-0.3, -0.25) is 0 Å². The Labute approximate surface area is 133 Å². The number of aromatic nitrogens is 2. The van der Waals surface area contributed by atoms with Crippen LogP contribution >= 0.6 is 38.9 Å². The first-order chi connectivity index (χ1) is 9.60. The minimum Gasteiger partial charge on any atom is -0.322 e. The van der Waals surface area contributed by atoms with E-state index in [0.29, 0.717) is 23.5 Å². The zero-order valence-electron chi connectivity index (χ0n) is 10.7. The molecule has 20 heavy (non-hydrogen) atoms. The lowest BCUT2D eigenvalue weighted by Gasteiger charge is -2.07. The number of nitrogens with zero attached hydrogens (tertiary/aromatic N) is 2. The molecule has 104 valence electrons. The van der Waals surface area contributed by atoms with Crippen LogP contribution in [0.25, 0.3) is 11.0 Å². The Bertz CT molecular complexity index is 781. The van der Waals surface area contributed by atoms with E-state index in [-0.39, 0.29) is 5.82 Å². The van der Waals surface area contributed by atoms with Crippen LogP contribution in [0.3, 0.4) is 0 Å². The Kier molecular flexibility index (Phi) is 3.84. The maximum absolute atomic E-state index is 13.6. The lowest BCUT2D eigenvalue weighted by molar-refractivity contribution is 0.620.